The number of hydrogen-bond acceptors (Lipinski definition) is 3. The molecule has 1 fully saturated rings. The van der Waals surface area contributed by atoms with Gasteiger partial charge in [-0.05, 0) is 25.8 Å². The standard InChI is InChI=1S/C16H19ClN2O3/c1-16(2)13(20)18(10-6-9-17)15(22)19(14(16)21)11-12-7-4-3-5-8-12/h3-5,7-8H,6,9-11H2,1-2H3. The van der Waals surface area contributed by atoms with Crippen LogP contribution < -0.4 is 0 Å². The first-order valence-electron chi connectivity index (χ1n) is 7.17. The summed E-state index contributed by atoms with van der Waals surface area (Å²) in [5.41, 5.74) is -0.402. The van der Waals surface area contributed by atoms with E-state index in [0.29, 0.717) is 12.3 Å². The van der Waals surface area contributed by atoms with E-state index in [0.717, 1.165) is 15.4 Å². The van der Waals surface area contributed by atoms with Crippen molar-refractivity contribution >= 4 is 29.4 Å². The lowest BCUT2D eigenvalue weighted by Gasteiger charge is -2.40. The van der Waals surface area contributed by atoms with E-state index in [1.54, 1.807) is 13.8 Å². The molecular weight excluding hydrogens is 304 g/mol. The molecule has 0 aliphatic carbocycles. The molecule has 1 aromatic carbocycles. The molecule has 0 spiro atoms. The van der Waals surface area contributed by atoms with Crippen LogP contribution in [0.4, 0.5) is 4.79 Å². The van der Waals surface area contributed by atoms with E-state index in [9.17, 15) is 14.4 Å². The first-order valence-corrected chi connectivity index (χ1v) is 7.71. The Kier molecular flexibility index (Phi) is 4.86. The van der Waals surface area contributed by atoms with Crippen LogP contribution >= 0.6 is 11.6 Å². The minimum Gasteiger partial charge on any atom is -0.273 e. The number of carbonyl (C=O) groups excluding carboxylic acids is 3. The van der Waals surface area contributed by atoms with Crippen molar-refractivity contribution in [1.29, 1.82) is 0 Å². The van der Waals surface area contributed by atoms with Crippen LogP contribution in [0.3, 0.4) is 0 Å². The molecule has 1 aromatic rings. The number of imide groups is 2. The van der Waals surface area contributed by atoms with E-state index in [1.165, 1.54) is 0 Å². The van der Waals surface area contributed by atoms with Crippen molar-refractivity contribution in [1.82, 2.24) is 9.80 Å². The molecule has 0 aromatic heterocycles. The molecule has 0 N–H and O–H groups in total. The molecule has 0 saturated carbocycles. The van der Waals surface area contributed by atoms with Gasteiger partial charge in [-0.25, -0.2) is 4.79 Å². The van der Waals surface area contributed by atoms with Crippen molar-refractivity contribution in [2.24, 2.45) is 5.41 Å². The quantitative estimate of drug-likeness (QED) is 0.618. The van der Waals surface area contributed by atoms with Gasteiger partial charge in [-0.1, -0.05) is 30.3 Å². The van der Waals surface area contributed by atoms with E-state index in [-0.39, 0.29) is 13.1 Å². The SMILES string of the molecule is CC1(C)C(=O)N(CCCCl)C(=O)N(Cc2ccccc2)C1=O. The molecule has 5 nitrogen and oxygen atoms in total. The molecule has 4 amide bonds. The van der Waals surface area contributed by atoms with Crippen LogP contribution in [0, 0.1) is 5.41 Å². The van der Waals surface area contributed by atoms with Gasteiger partial charge in [0, 0.05) is 12.4 Å². The Morgan fingerprint density at radius 2 is 1.59 bits per heavy atom. The van der Waals surface area contributed by atoms with Crippen molar-refractivity contribution < 1.29 is 14.4 Å². The highest BCUT2D eigenvalue weighted by atomic mass is 35.5. The summed E-state index contributed by atoms with van der Waals surface area (Å²) in [7, 11) is 0. The lowest BCUT2D eigenvalue weighted by molar-refractivity contribution is -0.156. The number of urea groups is 1. The Morgan fingerprint density at radius 1 is 1.00 bits per heavy atom. The summed E-state index contributed by atoms with van der Waals surface area (Å²) < 4.78 is 0. The third kappa shape index (κ3) is 2.99. The Balaban J connectivity index is 2.29. The zero-order valence-corrected chi connectivity index (χ0v) is 13.5. The Labute approximate surface area is 134 Å². The van der Waals surface area contributed by atoms with Gasteiger partial charge in [-0.3, -0.25) is 19.4 Å². The van der Waals surface area contributed by atoms with Crippen molar-refractivity contribution in [2.45, 2.75) is 26.8 Å². The van der Waals surface area contributed by atoms with E-state index in [4.69, 9.17) is 11.6 Å². The Morgan fingerprint density at radius 3 is 2.18 bits per heavy atom. The number of barbiturate groups is 1. The van der Waals surface area contributed by atoms with Crippen molar-refractivity contribution in [2.75, 3.05) is 12.4 Å². The number of amides is 4. The smallest absolute Gasteiger partial charge is 0.273 e. The summed E-state index contributed by atoms with van der Waals surface area (Å²) in [5.74, 6) is -0.574. The van der Waals surface area contributed by atoms with Gasteiger partial charge in [0.2, 0.25) is 11.8 Å². The second kappa shape index (κ2) is 6.48. The fourth-order valence-electron chi connectivity index (χ4n) is 2.41. The number of carbonyl (C=O) groups is 3. The molecule has 118 valence electrons. The van der Waals surface area contributed by atoms with Crippen LogP contribution in [-0.2, 0) is 16.1 Å². The number of alkyl halides is 1. The van der Waals surface area contributed by atoms with Crippen LogP contribution in [0.15, 0.2) is 30.3 Å². The number of benzene rings is 1. The molecule has 0 radical (unpaired) electrons. The molecule has 0 bridgehead atoms. The van der Waals surface area contributed by atoms with E-state index in [2.05, 4.69) is 0 Å². The zero-order valence-electron chi connectivity index (χ0n) is 12.7. The summed E-state index contributed by atoms with van der Waals surface area (Å²) >= 11 is 5.65. The monoisotopic (exact) mass is 322 g/mol. The molecule has 6 heteroatoms. The van der Waals surface area contributed by atoms with E-state index in [1.807, 2.05) is 30.3 Å². The van der Waals surface area contributed by atoms with Gasteiger partial charge in [-0.15, -0.1) is 11.6 Å². The third-order valence-corrected chi connectivity index (χ3v) is 3.99. The maximum Gasteiger partial charge on any atom is 0.333 e. The molecule has 2 rings (SSSR count). The van der Waals surface area contributed by atoms with Gasteiger partial charge in [0.15, 0.2) is 0 Å². The second-order valence-electron chi connectivity index (χ2n) is 5.78. The van der Waals surface area contributed by atoms with Crippen LogP contribution in [0.25, 0.3) is 0 Å². The molecule has 1 saturated heterocycles. The van der Waals surface area contributed by atoms with Crippen LogP contribution in [0.2, 0.25) is 0 Å². The van der Waals surface area contributed by atoms with Gasteiger partial charge in [0.05, 0.1) is 6.54 Å². The average molecular weight is 323 g/mol. The van der Waals surface area contributed by atoms with Gasteiger partial charge in [0.1, 0.15) is 5.41 Å². The highest BCUT2D eigenvalue weighted by molar-refractivity contribution is 6.19. The minimum absolute atomic E-state index is 0.159. The summed E-state index contributed by atoms with van der Waals surface area (Å²) in [4.78, 5) is 39.7. The third-order valence-electron chi connectivity index (χ3n) is 3.72. The molecule has 1 aliphatic heterocycles. The number of rotatable bonds is 5. The lowest BCUT2D eigenvalue weighted by Crippen LogP contribution is -2.63. The first kappa shape index (κ1) is 16.5. The summed E-state index contributed by atoms with van der Waals surface area (Å²) in [6, 6.07) is 8.67. The molecule has 0 unspecified atom stereocenters. The minimum atomic E-state index is -1.24. The van der Waals surface area contributed by atoms with Crippen LogP contribution in [0.5, 0.6) is 0 Å². The van der Waals surface area contributed by atoms with Gasteiger partial charge >= 0.3 is 6.03 Å². The first-order chi connectivity index (χ1) is 10.4. The number of hydrogen-bond donors (Lipinski definition) is 0. The summed E-state index contributed by atoms with van der Waals surface area (Å²) in [5, 5.41) is 0. The highest BCUT2D eigenvalue weighted by Crippen LogP contribution is 2.29. The molecule has 1 aliphatic rings. The second-order valence-corrected chi connectivity index (χ2v) is 6.16. The topological polar surface area (TPSA) is 57.7 Å². The van der Waals surface area contributed by atoms with Crippen molar-refractivity contribution in [3.8, 4) is 0 Å². The Bertz CT molecular complexity index is 586. The predicted molar refractivity (Wildman–Crippen MR) is 83.2 cm³/mol. The molecule has 1 heterocycles. The summed E-state index contributed by atoms with van der Waals surface area (Å²) in [6.45, 7) is 3.49. The van der Waals surface area contributed by atoms with E-state index >= 15 is 0 Å². The number of halogens is 1. The maximum atomic E-state index is 12.5. The fraction of sp³-hybridized carbons (Fsp3) is 0.438. The molecule has 0 atom stereocenters. The average Bonchev–Trinajstić information content (AvgIpc) is 2.51. The van der Waals surface area contributed by atoms with Crippen molar-refractivity contribution in [3.63, 3.8) is 0 Å². The molecule has 22 heavy (non-hydrogen) atoms. The normalized spacial score (nSPS) is 18.0. The number of nitrogens with zero attached hydrogens (tertiary/aromatic N) is 2. The van der Waals surface area contributed by atoms with Gasteiger partial charge in [0.25, 0.3) is 0 Å². The van der Waals surface area contributed by atoms with Crippen LogP contribution in [0.1, 0.15) is 25.8 Å². The highest BCUT2D eigenvalue weighted by Gasteiger charge is 2.51. The predicted octanol–water partition coefficient (Wildman–Crippen LogP) is 2.63. The zero-order chi connectivity index (χ0) is 16.3. The lowest BCUT2D eigenvalue weighted by atomic mass is 9.87. The summed E-state index contributed by atoms with van der Waals surface area (Å²) in [6.07, 6.45) is 0.502. The van der Waals surface area contributed by atoms with E-state index < -0.39 is 23.3 Å². The maximum absolute atomic E-state index is 12.5. The largest absolute Gasteiger partial charge is 0.333 e. The van der Waals surface area contributed by atoms with Crippen LogP contribution in [-0.4, -0.2) is 40.1 Å². The fourth-order valence-corrected chi connectivity index (χ4v) is 2.53. The van der Waals surface area contributed by atoms with Gasteiger partial charge < -0.3 is 0 Å². The Hall–Kier alpha value is -1.88. The van der Waals surface area contributed by atoms with Crippen molar-refractivity contribution in [3.05, 3.63) is 35.9 Å². The van der Waals surface area contributed by atoms with Gasteiger partial charge in [-0.2, -0.15) is 0 Å². The molecular formula is C16H19ClN2O3.